The minimum atomic E-state index is -1.64. The molecule has 5 rings (SSSR count). The Kier molecular flexibility index (Phi) is 5.22. The Morgan fingerprint density at radius 2 is 1.76 bits per heavy atom. The minimum Gasteiger partial charge on any atom is -0.373 e. The molecule has 0 saturated heterocycles. The van der Waals surface area contributed by atoms with Crippen LogP contribution in [0, 0.1) is 0 Å². The van der Waals surface area contributed by atoms with Crippen molar-refractivity contribution in [3.8, 4) is 0 Å². The molecule has 1 aromatic carbocycles. The van der Waals surface area contributed by atoms with Crippen molar-refractivity contribution in [2.75, 3.05) is 7.05 Å². The number of aliphatic imine (C=N–C) groups is 1. The van der Waals surface area contributed by atoms with Crippen molar-refractivity contribution in [3.63, 3.8) is 0 Å². The zero-order valence-corrected chi connectivity index (χ0v) is 18.5. The number of imidazole rings is 1. The van der Waals surface area contributed by atoms with Crippen molar-refractivity contribution < 1.29 is 5.11 Å². The lowest BCUT2D eigenvalue weighted by atomic mass is 9.84. The number of H-pyrrole nitrogens is 1. The Bertz CT molecular complexity index is 1320. The summed E-state index contributed by atoms with van der Waals surface area (Å²) >= 11 is 0. The number of aromatic amines is 1. The quantitative estimate of drug-likeness (QED) is 0.242. The highest BCUT2D eigenvalue weighted by Gasteiger charge is 2.40. The van der Waals surface area contributed by atoms with Crippen LogP contribution in [0.25, 0.3) is 11.0 Å². The number of pyridine rings is 2. The molecule has 166 valence electrons. The monoisotopic (exact) mass is 439 g/mol. The Morgan fingerprint density at radius 3 is 2.27 bits per heavy atom. The van der Waals surface area contributed by atoms with E-state index in [1.165, 1.54) is 0 Å². The maximum atomic E-state index is 12.4. The largest absolute Gasteiger partial charge is 0.373 e. The number of aromatic nitrogens is 4. The van der Waals surface area contributed by atoms with Crippen LogP contribution >= 0.6 is 0 Å². The van der Waals surface area contributed by atoms with Gasteiger partial charge in [0.2, 0.25) is 0 Å². The smallest absolute Gasteiger partial charge is 0.176 e. The Morgan fingerprint density at radius 1 is 1.09 bits per heavy atom. The third kappa shape index (κ3) is 3.58. The zero-order chi connectivity index (χ0) is 23.0. The van der Waals surface area contributed by atoms with Gasteiger partial charge in [-0.05, 0) is 56.2 Å². The number of fused-ring (bicyclic) bond motifs is 1. The van der Waals surface area contributed by atoms with Gasteiger partial charge in [0.15, 0.2) is 5.60 Å². The summed E-state index contributed by atoms with van der Waals surface area (Å²) in [6, 6.07) is 14.8. The van der Waals surface area contributed by atoms with Gasteiger partial charge in [-0.3, -0.25) is 15.0 Å². The highest BCUT2D eigenvalue weighted by atomic mass is 16.3. The van der Waals surface area contributed by atoms with Gasteiger partial charge in [-0.2, -0.15) is 5.10 Å². The first-order chi connectivity index (χ1) is 16.1. The van der Waals surface area contributed by atoms with Crippen LogP contribution in [0.3, 0.4) is 0 Å². The summed E-state index contributed by atoms with van der Waals surface area (Å²) in [5.41, 5.74) is 3.31. The number of nitrogens with two attached hydrogens (primary N) is 1. The summed E-state index contributed by atoms with van der Waals surface area (Å²) in [6.45, 7) is 1.80. The first-order valence-electron chi connectivity index (χ1n) is 10.9. The van der Waals surface area contributed by atoms with E-state index in [1.54, 1.807) is 38.5 Å². The first kappa shape index (κ1) is 21.0. The normalized spacial score (nSPS) is 15.2. The van der Waals surface area contributed by atoms with Crippen LogP contribution in [0.2, 0.25) is 0 Å². The molecule has 0 spiro atoms. The zero-order valence-electron chi connectivity index (χ0n) is 18.5. The molecule has 1 fully saturated rings. The lowest BCUT2D eigenvalue weighted by molar-refractivity contribution is 0.117. The van der Waals surface area contributed by atoms with Crippen LogP contribution in [-0.2, 0) is 5.60 Å². The second-order valence-corrected chi connectivity index (χ2v) is 8.24. The maximum Gasteiger partial charge on any atom is 0.176 e. The summed E-state index contributed by atoms with van der Waals surface area (Å²) in [5, 5.41) is 16.2. The summed E-state index contributed by atoms with van der Waals surface area (Å²) in [4.78, 5) is 21.8. The molecule has 0 aliphatic heterocycles. The van der Waals surface area contributed by atoms with E-state index in [9.17, 15) is 5.11 Å². The molecular weight excluding hydrogens is 414 g/mol. The predicted molar refractivity (Wildman–Crippen MR) is 128 cm³/mol. The van der Waals surface area contributed by atoms with Crippen LogP contribution in [-0.4, -0.2) is 43.5 Å². The fraction of sp³-hybridized carbons (Fsp3) is 0.240. The van der Waals surface area contributed by atoms with E-state index in [0.29, 0.717) is 39.8 Å². The van der Waals surface area contributed by atoms with Crippen molar-refractivity contribution >= 4 is 22.5 Å². The Hall–Kier alpha value is -3.91. The molecule has 0 amide bonds. The summed E-state index contributed by atoms with van der Waals surface area (Å²) < 4.78 is 0. The van der Waals surface area contributed by atoms with Crippen molar-refractivity contribution in [2.45, 2.75) is 31.3 Å². The van der Waals surface area contributed by atoms with E-state index in [4.69, 9.17) is 10.8 Å². The number of nitrogens with one attached hydrogen (secondary N) is 1. The third-order valence-electron chi connectivity index (χ3n) is 6.06. The molecule has 0 bridgehead atoms. The van der Waals surface area contributed by atoms with Gasteiger partial charge >= 0.3 is 0 Å². The molecule has 0 atom stereocenters. The van der Waals surface area contributed by atoms with Crippen molar-refractivity contribution in [3.05, 3.63) is 89.3 Å². The van der Waals surface area contributed by atoms with Gasteiger partial charge in [0.25, 0.3) is 0 Å². The van der Waals surface area contributed by atoms with Crippen molar-refractivity contribution in [2.24, 2.45) is 15.9 Å². The van der Waals surface area contributed by atoms with E-state index in [1.807, 2.05) is 36.4 Å². The van der Waals surface area contributed by atoms with Crippen LogP contribution in [0.5, 0.6) is 0 Å². The van der Waals surface area contributed by atoms with E-state index in [-0.39, 0.29) is 0 Å². The predicted octanol–water partition coefficient (Wildman–Crippen LogP) is 3.27. The van der Waals surface area contributed by atoms with Crippen LogP contribution < -0.4 is 5.84 Å². The number of benzene rings is 1. The second-order valence-electron chi connectivity index (χ2n) is 8.24. The second kappa shape index (κ2) is 8.22. The molecule has 1 saturated carbocycles. The van der Waals surface area contributed by atoms with Crippen LogP contribution in [0.1, 0.15) is 54.0 Å². The number of nitrogens with zero attached hydrogens (tertiary/aromatic N) is 5. The van der Waals surface area contributed by atoms with Gasteiger partial charge in [-0.15, -0.1) is 0 Å². The van der Waals surface area contributed by atoms with E-state index >= 15 is 0 Å². The Labute approximate surface area is 191 Å². The lowest BCUT2D eigenvalue weighted by Crippen LogP contribution is -2.32. The van der Waals surface area contributed by atoms with Gasteiger partial charge in [0.05, 0.1) is 33.8 Å². The fourth-order valence-corrected chi connectivity index (χ4v) is 4.22. The highest BCUT2D eigenvalue weighted by molar-refractivity contribution is 6.47. The number of hydrazone groups is 1. The number of aliphatic hydroxyl groups is 1. The number of rotatable bonds is 6. The molecule has 1 aliphatic rings. The van der Waals surface area contributed by atoms with E-state index in [0.717, 1.165) is 29.7 Å². The van der Waals surface area contributed by atoms with E-state index < -0.39 is 5.60 Å². The molecule has 33 heavy (non-hydrogen) atoms. The van der Waals surface area contributed by atoms with Gasteiger partial charge < -0.3 is 15.9 Å². The van der Waals surface area contributed by atoms with Gasteiger partial charge in [0.1, 0.15) is 5.82 Å². The van der Waals surface area contributed by atoms with Crippen LogP contribution in [0.4, 0.5) is 0 Å². The summed E-state index contributed by atoms with van der Waals surface area (Å²) in [5.74, 6) is 6.91. The van der Waals surface area contributed by atoms with Crippen molar-refractivity contribution in [1.82, 2.24) is 19.9 Å². The van der Waals surface area contributed by atoms with Gasteiger partial charge in [0, 0.05) is 36.5 Å². The third-order valence-corrected chi connectivity index (χ3v) is 6.06. The van der Waals surface area contributed by atoms with Crippen LogP contribution in [0.15, 0.2) is 71.0 Å². The summed E-state index contributed by atoms with van der Waals surface area (Å²) in [7, 11) is 1.69. The minimum absolute atomic E-state index is 0.415. The van der Waals surface area contributed by atoms with E-state index in [2.05, 4.69) is 25.0 Å². The molecular formula is C25H25N7O. The molecule has 4 aromatic rings. The molecule has 0 radical (unpaired) electrons. The molecule has 4 N–H and O–H groups in total. The average Bonchev–Trinajstić information content (AvgIpc) is 3.63. The Balaban J connectivity index is 1.85. The SMILES string of the molecule is CN=C(C(C)=NN)c1cc(C(O)(c2ccccn2)c2ccccn2)c2nc(C3CC3)[nH]c2c1. The topological polar surface area (TPSA) is 125 Å². The number of hydrogen-bond donors (Lipinski definition) is 3. The standard InChI is InChI=1S/C25H25N7O/c1-15(32-26)22(27-2)17-13-18(23-19(14-17)30-24(31-23)16-9-10-16)25(33,20-7-3-5-11-28-20)21-8-4-6-12-29-21/h3-8,11-14,16,33H,9-10,26H2,1-2H3,(H,30,31). The molecule has 8 heteroatoms. The maximum absolute atomic E-state index is 12.4. The van der Waals surface area contributed by atoms with Gasteiger partial charge in [-0.25, -0.2) is 4.98 Å². The lowest BCUT2D eigenvalue weighted by Gasteiger charge is -2.28. The van der Waals surface area contributed by atoms with Crippen molar-refractivity contribution in [1.29, 1.82) is 0 Å². The molecule has 8 nitrogen and oxygen atoms in total. The molecule has 1 aliphatic carbocycles. The summed E-state index contributed by atoms with van der Waals surface area (Å²) in [6.07, 6.45) is 5.53. The highest BCUT2D eigenvalue weighted by Crippen LogP contribution is 2.42. The first-order valence-corrected chi connectivity index (χ1v) is 10.9. The average molecular weight is 440 g/mol. The molecule has 0 unspecified atom stereocenters. The molecule has 3 aromatic heterocycles. The number of hydrogen-bond acceptors (Lipinski definition) is 7. The molecule has 3 heterocycles. The van der Waals surface area contributed by atoms with Gasteiger partial charge in [-0.1, -0.05) is 12.1 Å². The fourth-order valence-electron chi connectivity index (χ4n) is 4.22.